The van der Waals surface area contributed by atoms with E-state index < -0.39 is 5.97 Å². The van der Waals surface area contributed by atoms with Crippen LogP contribution in [0.4, 0.5) is 0 Å². The number of nitrogens with zero attached hydrogens (tertiary/aromatic N) is 2. The van der Waals surface area contributed by atoms with Crippen molar-refractivity contribution in [1.29, 1.82) is 0 Å². The van der Waals surface area contributed by atoms with Crippen LogP contribution in [-0.4, -0.2) is 42.5 Å². The quantitative estimate of drug-likeness (QED) is 0.387. The van der Waals surface area contributed by atoms with Crippen molar-refractivity contribution in [2.45, 2.75) is 39.7 Å². The molecule has 0 bridgehead atoms. The van der Waals surface area contributed by atoms with E-state index in [1.807, 2.05) is 12.1 Å². The van der Waals surface area contributed by atoms with Crippen molar-refractivity contribution in [3.63, 3.8) is 0 Å². The Morgan fingerprint density at radius 2 is 1.84 bits per heavy atom. The molecule has 166 valence electrons. The SMILES string of the molecule is COCCOC(=O)c1sc2ncn(CCOc3ccc(C(C)(C)C)cc3)c(=O)c2c1C. The topological polar surface area (TPSA) is 79.7 Å². The van der Waals surface area contributed by atoms with Crippen LogP contribution in [0.1, 0.15) is 41.6 Å². The zero-order valence-electron chi connectivity index (χ0n) is 18.6. The van der Waals surface area contributed by atoms with Crippen LogP contribution in [0, 0.1) is 6.92 Å². The molecule has 2 heterocycles. The van der Waals surface area contributed by atoms with Gasteiger partial charge in [-0.2, -0.15) is 0 Å². The van der Waals surface area contributed by atoms with E-state index in [2.05, 4.69) is 37.9 Å². The summed E-state index contributed by atoms with van der Waals surface area (Å²) in [6, 6.07) is 7.98. The zero-order valence-corrected chi connectivity index (χ0v) is 19.4. The summed E-state index contributed by atoms with van der Waals surface area (Å²) in [4.78, 5) is 30.5. The van der Waals surface area contributed by atoms with Crippen molar-refractivity contribution >= 4 is 27.5 Å². The summed E-state index contributed by atoms with van der Waals surface area (Å²) >= 11 is 1.17. The number of thiophene rings is 1. The molecule has 8 heteroatoms. The molecule has 0 N–H and O–H groups in total. The van der Waals surface area contributed by atoms with E-state index in [0.29, 0.717) is 40.4 Å². The minimum Gasteiger partial charge on any atom is -0.492 e. The molecule has 0 aliphatic rings. The number of hydrogen-bond donors (Lipinski definition) is 0. The predicted octanol–water partition coefficient (Wildman–Crippen LogP) is 3.95. The van der Waals surface area contributed by atoms with E-state index in [0.717, 1.165) is 5.75 Å². The van der Waals surface area contributed by atoms with Crippen molar-refractivity contribution in [2.24, 2.45) is 0 Å². The van der Waals surface area contributed by atoms with Gasteiger partial charge in [0.25, 0.3) is 5.56 Å². The van der Waals surface area contributed by atoms with Gasteiger partial charge in [0, 0.05) is 7.11 Å². The molecule has 0 aliphatic heterocycles. The molecule has 7 nitrogen and oxygen atoms in total. The van der Waals surface area contributed by atoms with Crippen LogP contribution >= 0.6 is 11.3 Å². The van der Waals surface area contributed by atoms with Gasteiger partial charge in [0.05, 0.1) is 24.9 Å². The van der Waals surface area contributed by atoms with Gasteiger partial charge in [0.2, 0.25) is 0 Å². The Morgan fingerprint density at radius 1 is 1.13 bits per heavy atom. The summed E-state index contributed by atoms with van der Waals surface area (Å²) in [6.45, 7) is 9.39. The highest BCUT2D eigenvalue weighted by atomic mass is 32.1. The van der Waals surface area contributed by atoms with E-state index in [-0.39, 0.29) is 17.6 Å². The minimum absolute atomic E-state index is 0.0837. The van der Waals surface area contributed by atoms with Crippen molar-refractivity contribution in [3.8, 4) is 5.75 Å². The number of methoxy groups -OCH3 is 1. The molecule has 0 radical (unpaired) electrons. The lowest BCUT2D eigenvalue weighted by molar-refractivity contribution is 0.0393. The first-order valence-corrected chi connectivity index (χ1v) is 10.9. The Morgan fingerprint density at radius 3 is 2.48 bits per heavy atom. The third-order valence-electron chi connectivity index (χ3n) is 4.94. The van der Waals surface area contributed by atoms with E-state index >= 15 is 0 Å². The third-order valence-corrected chi connectivity index (χ3v) is 6.12. The lowest BCUT2D eigenvalue weighted by atomic mass is 9.87. The molecule has 3 rings (SSSR count). The monoisotopic (exact) mass is 444 g/mol. The van der Waals surface area contributed by atoms with Crippen molar-refractivity contribution < 1.29 is 19.0 Å². The Kier molecular flexibility index (Phi) is 7.12. The van der Waals surface area contributed by atoms with Gasteiger partial charge in [-0.15, -0.1) is 11.3 Å². The molecule has 0 saturated carbocycles. The van der Waals surface area contributed by atoms with Crippen molar-refractivity contribution in [3.05, 3.63) is 57.0 Å². The first kappa shape index (κ1) is 23.0. The maximum Gasteiger partial charge on any atom is 0.348 e. The Balaban J connectivity index is 1.70. The number of carbonyl (C=O) groups excluding carboxylic acids is 1. The van der Waals surface area contributed by atoms with E-state index in [1.54, 1.807) is 6.92 Å². The lowest BCUT2D eigenvalue weighted by Gasteiger charge is -2.19. The molecular formula is C23H28N2O5S. The smallest absolute Gasteiger partial charge is 0.348 e. The van der Waals surface area contributed by atoms with Crippen LogP contribution < -0.4 is 10.3 Å². The van der Waals surface area contributed by atoms with Crippen molar-refractivity contribution in [1.82, 2.24) is 9.55 Å². The molecule has 0 atom stereocenters. The molecule has 0 unspecified atom stereocenters. The van der Waals surface area contributed by atoms with Crippen LogP contribution in [-0.2, 0) is 21.4 Å². The van der Waals surface area contributed by atoms with Crippen LogP contribution in [0.3, 0.4) is 0 Å². The van der Waals surface area contributed by atoms with Crippen LogP contribution in [0.15, 0.2) is 35.4 Å². The molecule has 0 saturated heterocycles. The second-order valence-corrected chi connectivity index (χ2v) is 9.23. The van der Waals surface area contributed by atoms with Gasteiger partial charge in [0.1, 0.15) is 28.7 Å². The van der Waals surface area contributed by atoms with E-state index in [9.17, 15) is 9.59 Å². The summed E-state index contributed by atoms with van der Waals surface area (Å²) in [7, 11) is 1.54. The molecule has 0 fully saturated rings. The molecule has 0 aliphatic carbocycles. The maximum atomic E-state index is 12.9. The van der Waals surface area contributed by atoms with Gasteiger partial charge in [-0.25, -0.2) is 9.78 Å². The summed E-state index contributed by atoms with van der Waals surface area (Å²) in [5.74, 6) is 0.286. The Hall–Kier alpha value is -2.71. The number of carbonyl (C=O) groups is 1. The molecule has 3 aromatic rings. The average Bonchev–Trinajstić information content (AvgIpc) is 3.07. The lowest BCUT2D eigenvalue weighted by Crippen LogP contribution is -2.23. The number of hydrogen-bond acceptors (Lipinski definition) is 7. The Labute approximate surface area is 185 Å². The molecule has 0 amide bonds. The number of fused-ring (bicyclic) bond motifs is 1. The van der Waals surface area contributed by atoms with Gasteiger partial charge in [-0.1, -0.05) is 32.9 Å². The van der Waals surface area contributed by atoms with Crippen LogP contribution in [0.2, 0.25) is 0 Å². The fourth-order valence-electron chi connectivity index (χ4n) is 3.11. The number of esters is 1. The van der Waals surface area contributed by atoms with Crippen molar-refractivity contribution in [2.75, 3.05) is 26.9 Å². The van der Waals surface area contributed by atoms with Gasteiger partial charge in [-0.05, 0) is 35.6 Å². The largest absolute Gasteiger partial charge is 0.492 e. The third kappa shape index (κ3) is 5.32. The summed E-state index contributed by atoms with van der Waals surface area (Å²) < 4.78 is 17.4. The first-order valence-electron chi connectivity index (χ1n) is 10.1. The molecule has 31 heavy (non-hydrogen) atoms. The number of rotatable bonds is 8. The molecule has 1 aromatic carbocycles. The summed E-state index contributed by atoms with van der Waals surface area (Å²) in [6.07, 6.45) is 1.49. The van der Waals surface area contributed by atoms with E-state index in [4.69, 9.17) is 14.2 Å². The first-order chi connectivity index (χ1) is 14.7. The number of ether oxygens (including phenoxy) is 3. The zero-order chi connectivity index (χ0) is 22.6. The normalized spacial score (nSPS) is 11.6. The number of benzene rings is 1. The molecule has 0 spiro atoms. The highest BCUT2D eigenvalue weighted by Crippen LogP contribution is 2.27. The number of aromatic nitrogens is 2. The van der Waals surface area contributed by atoms with E-state index in [1.165, 1.54) is 34.9 Å². The molecular weight excluding hydrogens is 416 g/mol. The second kappa shape index (κ2) is 9.62. The Bertz CT molecular complexity index is 1110. The minimum atomic E-state index is -0.467. The highest BCUT2D eigenvalue weighted by molar-refractivity contribution is 7.20. The highest BCUT2D eigenvalue weighted by Gasteiger charge is 2.20. The molecule has 2 aromatic heterocycles. The fourth-order valence-corrected chi connectivity index (χ4v) is 4.14. The van der Waals surface area contributed by atoms with Gasteiger partial charge >= 0.3 is 5.97 Å². The van der Waals surface area contributed by atoms with Gasteiger partial charge in [-0.3, -0.25) is 9.36 Å². The summed E-state index contributed by atoms with van der Waals surface area (Å²) in [5.41, 5.74) is 1.71. The predicted molar refractivity (Wildman–Crippen MR) is 121 cm³/mol. The van der Waals surface area contributed by atoms with Gasteiger partial charge < -0.3 is 14.2 Å². The van der Waals surface area contributed by atoms with Crippen LogP contribution in [0.5, 0.6) is 5.75 Å². The fraction of sp³-hybridized carbons (Fsp3) is 0.435. The maximum absolute atomic E-state index is 12.9. The van der Waals surface area contributed by atoms with Gasteiger partial charge in [0.15, 0.2) is 0 Å². The summed E-state index contributed by atoms with van der Waals surface area (Å²) in [5, 5.41) is 0.445. The average molecular weight is 445 g/mol. The van der Waals surface area contributed by atoms with Crippen LogP contribution in [0.25, 0.3) is 10.2 Å². The second-order valence-electron chi connectivity index (χ2n) is 8.23. The number of aryl methyl sites for hydroxylation is 1. The standard InChI is InChI=1S/C23H28N2O5S/c1-15-18-20(31-19(15)22(27)30-13-12-28-5)24-14-25(21(18)26)10-11-29-17-8-6-16(7-9-17)23(2,3)4/h6-9,14H,10-13H2,1-5H3.